The molecular weight excluding hydrogens is 390 g/mol. The molecule has 30 heavy (non-hydrogen) atoms. The number of unbranched alkanes of at least 4 members (excludes halogenated alkanes) is 1. The van der Waals surface area contributed by atoms with Gasteiger partial charge in [-0.3, -0.25) is 10.1 Å². The van der Waals surface area contributed by atoms with Crippen molar-refractivity contribution in [2.45, 2.75) is 31.8 Å². The molecule has 0 spiro atoms. The van der Waals surface area contributed by atoms with Crippen molar-refractivity contribution in [2.75, 3.05) is 27.4 Å². The number of amides is 3. The Morgan fingerprint density at radius 2 is 2.00 bits per heavy atom. The Morgan fingerprint density at radius 1 is 1.20 bits per heavy atom. The summed E-state index contributed by atoms with van der Waals surface area (Å²) in [5, 5.41) is 5.70. The minimum atomic E-state index is -0.732. The second-order valence-corrected chi connectivity index (χ2v) is 7.49. The van der Waals surface area contributed by atoms with Gasteiger partial charge >= 0.3 is 12.0 Å². The predicted molar refractivity (Wildman–Crippen MR) is 106 cm³/mol. The summed E-state index contributed by atoms with van der Waals surface area (Å²) in [7, 11) is 3.04. The van der Waals surface area contributed by atoms with Crippen molar-refractivity contribution in [1.29, 1.82) is 0 Å². The van der Waals surface area contributed by atoms with Gasteiger partial charge in [-0.25, -0.2) is 9.59 Å². The van der Waals surface area contributed by atoms with Gasteiger partial charge in [0.2, 0.25) is 5.91 Å². The van der Waals surface area contributed by atoms with Crippen molar-refractivity contribution in [3.8, 4) is 11.5 Å². The first kappa shape index (κ1) is 20.1. The molecule has 1 aromatic rings. The largest absolute Gasteiger partial charge is 0.493 e. The second kappa shape index (κ2) is 7.89. The van der Waals surface area contributed by atoms with Crippen LogP contribution in [0.5, 0.6) is 11.5 Å². The molecule has 2 N–H and O–H groups in total. The van der Waals surface area contributed by atoms with Crippen molar-refractivity contribution >= 4 is 17.9 Å². The van der Waals surface area contributed by atoms with E-state index in [0.717, 1.165) is 12.8 Å². The van der Waals surface area contributed by atoms with E-state index in [1.54, 1.807) is 17.0 Å². The normalized spacial score (nSPS) is 25.2. The quantitative estimate of drug-likeness (QED) is 0.678. The predicted octanol–water partition coefficient (Wildman–Crippen LogP) is 1.50. The van der Waals surface area contributed by atoms with Gasteiger partial charge in [0.1, 0.15) is 12.8 Å². The number of methoxy groups -OCH3 is 2. The number of cyclic esters (lactones) is 1. The third-order valence-corrected chi connectivity index (χ3v) is 5.88. The van der Waals surface area contributed by atoms with Gasteiger partial charge in [0.05, 0.1) is 31.4 Å². The number of fused-ring (bicyclic) bond motifs is 1. The van der Waals surface area contributed by atoms with E-state index in [1.807, 2.05) is 13.0 Å². The van der Waals surface area contributed by atoms with Gasteiger partial charge in [0.15, 0.2) is 11.5 Å². The van der Waals surface area contributed by atoms with Gasteiger partial charge < -0.3 is 24.4 Å². The van der Waals surface area contributed by atoms with Crippen LogP contribution in [0.15, 0.2) is 29.5 Å². The van der Waals surface area contributed by atoms with Gasteiger partial charge in [-0.05, 0) is 12.5 Å². The van der Waals surface area contributed by atoms with Gasteiger partial charge in [0, 0.05) is 18.0 Å². The third-order valence-electron chi connectivity index (χ3n) is 5.88. The molecule has 3 aliphatic heterocycles. The monoisotopic (exact) mass is 415 g/mol. The summed E-state index contributed by atoms with van der Waals surface area (Å²) in [6, 6.07) is 4.91. The molecule has 3 amide bonds. The molecule has 9 nitrogen and oxygen atoms in total. The molecule has 0 saturated carbocycles. The molecule has 3 atom stereocenters. The maximum atomic E-state index is 13.0. The van der Waals surface area contributed by atoms with Crippen LogP contribution in [0.3, 0.4) is 0 Å². The van der Waals surface area contributed by atoms with E-state index in [9.17, 15) is 14.4 Å². The maximum absolute atomic E-state index is 13.0. The molecule has 0 aliphatic carbocycles. The summed E-state index contributed by atoms with van der Waals surface area (Å²) in [6.07, 6.45) is 1.10. The van der Waals surface area contributed by atoms with Crippen LogP contribution in [-0.2, 0) is 14.3 Å². The third kappa shape index (κ3) is 3.05. The fraction of sp³-hybridized carbons (Fsp3) is 0.476. The Balaban J connectivity index is 1.88. The highest BCUT2D eigenvalue weighted by Crippen LogP contribution is 2.48. The first-order chi connectivity index (χ1) is 14.5. The molecule has 3 unspecified atom stereocenters. The molecular formula is C21H25N3O6. The van der Waals surface area contributed by atoms with Crippen LogP contribution in [0.4, 0.5) is 4.79 Å². The number of ether oxygens (including phenoxy) is 3. The van der Waals surface area contributed by atoms with Gasteiger partial charge in [-0.15, -0.1) is 0 Å². The molecule has 9 heteroatoms. The Hall–Kier alpha value is -3.23. The van der Waals surface area contributed by atoms with Crippen molar-refractivity contribution < 1.29 is 28.6 Å². The highest BCUT2D eigenvalue weighted by Gasteiger charge is 2.54. The molecule has 1 fully saturated rings. The number of carbonyl (C=O) groups excluding carboxylic acids is 3. The topological polar surface area (TPSA) is 106 Å². The van der Waals surface area contributed by atoms with E-state index < -0.39 is 35.9 Å². The summed E-state index contributed by atoms with van der Waals surface area (Å²) < 4.78 is 16.3. The lowest BCUT2D eigenvalue weighted by molar-refractivity contribution is -0.136. The standard InChI is InChI=1S/C21H25N3O6/c1-4-5-9-24-18-16(19(25)23-21(24)27)14(15-12(22-18)10-30-20(15)26)11-7-6-8-13(28-2)17(11)29-3/h6-8,14,16,18,22H,4-5,9-10H2,1-3H3,(H,23,25,27). The van der Waals surface area contributed by atoms with Crippen molar-refractivity contribution in [3.05, 3.63) is 35.0 Å². The number of hydrogen-bond donors (Lipinski definition) is 2. The Labute approximate surface area is 174 Å². The fourth-order valence-corrected chi connectivity index (χ4v) is 4.51. The van der Waals surface area contributed by atoms with Crippen LogP contribution in [0.2, 0.25) is 0 Å². The van der Waals surface area contributed by atoms with Crippen molar-refractivity contribution in [2.24, 2.45) is 5.92 Å². The van der Waals surface area contributed by atoms with E-state index in [-0.39, 0.29) is 6.61 Å². The number of benzene rings is 1. The lowest BCUT2D eigenvalue weighted by Crippen LogP contribution is -2.67. The number of hydrogen-bond acceptors (Lipinski definition) is 7. The number of nitrogens with zero attached hydrogens (tertiary/aromatic N) is 1. The summed E-state index contributed by atoms with van der Waals surface area (Å²) >= 11 is 0. The van der Waals surface area contributed by atoms with Crippen LogP contribution < -0.4 is 20.1 Å². The molecule has 1 saturated heterocycles. The van der Waals surface area contributed by atoms with Crippen LogP contribution in [-0.4, -0.2) is 56.3 Å². The fourth-order valence-electron chi connectivity index (χ4n) is 4.51. The van der Waals surface area contributed by atoms with E-state index in [4.69, 9.17) is 14.2 Å². The van der Waals surface area contributed by atoms with Crippen LogP contribution >= 0.6 is 0 Å². The van der Waals surface area contributed by atoms with Crippen LogP contribution in [0.25, 0.3) is 0 Å². The lowest BCUT2D eigenvalue weighted by Gasteiger charge is -2.46. The molecule has 0 radical (unpaired) electrons. The Kier molecular flexibility index (Phi) is 5.27. The maximum Gasteiger partial charge on any atom is 0.336 e. The molecule has 160 valence electrons. The van der Waals surface area contributed by atoms with Gasteiger partial charge in [0.25, 0.3) is 0 Å². The van der Waals surface area contributed by atoms with E-state index >= 15 is 0 Å². The minimum absolute atomic E-state index is 0.0810. The zero-order valence-corrected chi connectivity index (χ0v) is 17.2. The molecule has 0 bridgehead atoms. The summed E-state index contributed by atoms with van der Waals surface area (Å²) in [4.78, 5) is 39.9. The first-order valence-electron chi connectivity index (χ1n) is 10.0. The Bertz CT molecular complexity index is 927. The number of rotatable bonds is 6. The summed E-state index contributed by atoms with van der Waals surface area (Å²) in [5.41, 5.74) is 1.63. The van der Waals surface area contributed by atoms with Crippen molar-refractivity contribution in [1.82, 2.24) is 15.5 Å². The van der Waals surface area contributed by atoms with Gasteiger partial charge in [-0.2, -0.15) is 0 Å². The highest BCUT2D eigenvalue weighted by atomic mass is 16.5. The van der Waals surface area contributed by atoms with Gasteiger partial charge in [-0.1, -0.05) is 25.5 Å². The molecule has 0 aromatic heterocycles. The average molecular weight is 415 g/mol. The number of imide groups is 1. The smallest absolute Gasteiger partial charge is 0.336 e. The summed E-state index contributed by atoms with van der Waals surface area (Å²) in [6.45, 7) is 2.60. The first-order valence-corrected chi connectivity index (χ1v) is 10.0. The summed E-state index contributed by atoms with van der Waals surface area (Å²) in [5.74, 6) is -1.36. The Morgan fingerprint density at radius 3 is 2.70 bits per heavy atom. The lowest BCUT2D eigenvalue weighted by atomic mass is 9.74. The zero-order chi connectivity index (χ0) is 21.4. The molecule has 3 heterocycles. The van der Waals surface area contributed by atoms with E-state index in [1.165, 1.54) is 14.2 Å². The molecule has 1 aromatic carbocycles. The van der Waals surface area contributed by atoms with E-state index in [2.05, 4.69) is 10.6 Å². The number of urea groups is 1. The van der Waals surface area contributed by atoms with E-state index in [0.29, 0.717) is 34.9 Å². The van der Waals surface area contributed by atoms with Crippen LogP contribution in [0, 0.1) is 5.92 Å². The van der Waals surface area contributed by atoms with Crippen molar-refractivity contribution in [3.63, 3.8) is 0 Å². The SMILES string of the molecule is CCCCN1C(=O)NC(=O)C2C(c3cccc(OC)c3OC)C3=C(COC3=O)NC21. The molecule has 3 aliphatic rings. The second-order valence-electron chi connectivity index (χ2n) is 7.49. The van der Waals surface area contributed by atoms with Crippen LogP contribution in [0.1, 0.15) is 31.2 Å². The average Bonchev–Trinajstić information content (AvgIpc) is 3.12. The highest BCUT2D eigenvalue weighted by molar-refractivity contribution is 6.02. The minimum Gasteiger partial charge on any atom is -0.493 e. The number of nitrogens with one attached hydrogen (secondary N) is 2. The number of esters is 1. The zero-order valence-electron chi connectivity index (χ0n) is 17.2. The number of carbonyl (C=O) groups is 3. The molecule has 4 rings (SSSR count). The number of para-hydroxylation sites is 1.